The molecule has 0 saturated carbocycles. The quantitative estimate of drug-likeness (QED) is 0.385. The van der Waals surface area contributed by atoms with Crippen LogP contribution in [0.1, 0.15) is 36.8 Å². The number of benzene rings is 1. The lowest BCUT2D eigenvalue weighted by Crippen LogP contribution is -2.62. The van der Waals surface area contributed by atoms with Gasteiger partial charge in [-0.2, -0.15) is 0 Å². The predicted molar refractivity (Wildman–Crippen MR) is 146 cm³/mol. The molecule has 4 rings (SSSR count). The summed E-state index contributed by atoms with van der Waals surface area (Å²) in [4.78, 5) is 35.2. The number of aromatic nitrogens is 2. The molecule has 1 aliphatic rings. The van der Waals surface area contributed by atoms with Gasteiger partial charge >= 0.3 is 6.09 Å². The summed E-state index contributed by atoms with van der Waals surface area (Å²) in [6.07, 6.45) is 2.09. The van der Waals surface area contributed by atoms with Gasteiger partial charge in [-0.1, -0.05) is 6.92 Å². The molecule has 3 heterocycles. The predicted octanol–water partition coefficient (Wildman–Crippen LogP) is 4.28. The Morgan fingerprint density at radius 2 is 1.83 bits per heavy atom. The smallest absolute Gasteiger partial charge is 0.407 e. The van der Waals surface area contributed by atoms with Crippen LogP contribution in [0, 0.1) is 23.4 Å². The molecule has 2 aromatic heterocycles. The molecule has 9 nitrogen and oxygen atoms in total. The Morgan fingerprint density at radius 1 is 1.12 bits per heavy atom. The Hall–Kier alpha value is -4.19. The van der Waals surface area contributed by atoms with Crippen molar-refractivity contribution in [3.05, 3.63) is 71.4 Å². The fourth-order valence-electron chi connectivity index (χ4n) is 4.98. The number of ether oxygens (including phenoxy) is 2. The summed E-state index contributed by atoms with van der Waals surface area (Å²) in [7, 11) is 1.28. The van der Waals surface area contributed by atoms with Crippen LogP contribution in [0.25, 0.3) is 11.3 Å². The number of ketones is 1. The minimum atomic E-state index is -1.07. The molecular formula is C29H32F3N5O4. The van der Waals surface area contributed by atoms with Gasteiger partial charge in [-0.3, -0.25) is 9.78 Å². The molecule has 0 radical (unpaired) electrons. The molecule has 0 bridgehead atoms. The lowest BCUT2D eigenvalue weighted by atomic mass is 9.89. The highest BCUT2D eigenvalue weighted by Gasteiger charge is 2.34. The monoisotopic (exact) mass is 571 g/mol. The summed E-state index contributed by atoms with van der Waals surface area (Å²) in [5, 5.41) is 2.77. The van der Waals surface area contributed by atoms with E-state index in [1.54, 1.807) is 32.3 Å². The van der Waals surface area contributed by atoms with Crippen LogP contribution in [0.15, 0.2) is 42.7 Å². The normalized spacial score (nSPS) is 18.8. The average molecular weight is 572 g/mol. The molecule has 0 aliphatic carbocycles. The summed E-state index contributed by atoms with van der Waals surface area (Å²) in [5.74, 6) is -3.71. The van der Waals surface area contributed by atoms with E-state index in [9.17, 15) is 22.8 Å². The van der Waals surface area contributed by atoms with Crippen LogP contribution in [0.2, 0.25) is 0 Å². The maximum Gasteiger partial charge on any atom is 0.407 e. The first kappa shape index (κ1) is 29.8. The van der Waals surface area contributed by atoms with Gasteiger partial charge in [0.2, 0.25) is 0 Å². The van der Waals surface area contributed by atoms with Crippen molar-refractivity contribution in [1.82, 2.24) is 15.3 Å². The fraction of sp³-hybridized carbons (Fsp3) is 0.379. The lowest BCUT2D eigenvalue weighted by Gasteiger charge is -2.42. The number of hydrogen-bond donors (Lipinski definition) is 2. The van der Waals surface area contributed by atoms with Gasteiger partial charge in [0.05, 0.1) is 24.8 Å². The molecule has 3 atom stereocenters. The van der Waals surface area contributed by atoms with E-state index in [0.717, 1.165) is 18.2 Å². The van der Waals surface area contributed by atoms with Gasteiger partial charge in [0.15, 0.2) is 5.78 Å². The van der Waals surface area contributed by atoms with E-state index in [1.165, 1.54) is 13.2 Å². The number of hydrogen-bond acceptors (Lipinski definition) is 8. The van der Waals surface area contributed by atoms with Crippen LogP contribution in [0.3, 0.4) is 0 Å². The van der Waals surface area contributed by atoms with Crippen molar-refractivity contribution in [1.29, 1.82) is 0 Å². The first-order chi connectivity index (χ1) is 19.5. The topological polar surface area (TPSA) is 120 Å². The Bertz CT molecular complexity index is 1400. The van der Waals surface area contributed by atoms with Crippen molar-refractivity contribution in [3.63, 3.8) is 0 Å². The number of piperidine rings is 1. The third-order valence-corrected chi connectivity index (χ3v) is 6.81. The average Bonchev–Trinajstić information content (AvgIpc) is 2.91. The number of pyridine rings is 2. The number of nitrogens with two attached hydrogens (primary N) is 1. The summed E-state index contributed by atoms with van der Waals surface area (Å²) in [6, 6.07) is 5.06. The molecule has 3 aromatic rings. The molecule has 1 amide bonds. The number of carbonyl (C=O) groups excluding carboxylic acids is 2. The standard InChI is InChI=1S/C29H32F3N5O4/c1-15(2)41-18-10-20(31)26(21(32)11-18)28-19(30)5-6-23(35-28)25(38)9-17-12-34-8-7-24(17)37-13-16(3)27(22(33)14-37)36-29(39)40-4/h5-8,10-12,15-16,22,27H,9,13-14,33H2,1-4H3,(H,36,39)/t16-,22+,27-/m0/s1. The SMILES string of the molecule is COC(=O)N[C@@H]1[C@H](N)CN(c2ccncc2CC(=O)c2ccc(F)c(-c3c(F)cc(OC(C)C)cc3F)n2)C[C@@H]1C. The molecule has 1 aromatic carbocycles. The van der Waals surface area contributed by atoms with Crippen LogP contribution in [-0.2, 0) is 11.2 Å². The van der Waals surface area contributed by atoms with E-state index in [0.29, 0.717) is 24.3 Å². The number of amides is 1. The van der Waals surface area contributed by atoms with E-state index < -0.39 is 46.6 Å². The van der Waals surface area contributed by atoms with Gasteiger partial charge in [0, 0.05) is 61.3 Å². The number of nitrogens with zero attached hydrogens (tertiary/aromatic N) is 3. The highest BCUT2D eigenvalue weighted by Crippen LogP contribution is 2.32. The van der Waals surface area contributed by atoms with Crippen LogP contribution in [-0.4, -0.2) is 60.2 Å². The number of methoxy groups -OCH3 is 1. The van der Waals surface area contributed by atoms with Crippen molar-refractivity contribution in [2.24, 2.45) is 11.7 Å². The zero-order valence-electron chi connectivity index (χ0n) is 23.2. The van der Waals surface area contributed by atoms with Gasteiger partial charge in [-0.25, -0.2) is 22.9 Å². The molecule has 1 saturated heterocycles. The van der Waals surface area contributed by atoms with Gasteiger partial charge in [0.1, 0.15) is 34.6 Å². The second kappa shape index (κ2) is 12.5. The van der Waals surface area contributed by atoms with Gasteiger partial charge in [-0.15, -0.1) is 0 Å². The molecule has 0 spiro atoms. The van der Waals surface area contributed by atoms with Gasteiger partial charge in [0.25, 0.3) is 0 Å². The first-order valence-corrected chi connectivity index (χ1v) is 13.1. The Balaban J connectivity index is 1.57. The number of alkyl carbamates (subject to hydrolysis) is 1. The van der Waals surface area contributed by atoms with E-state index in [-0.39, 0.29) is 35.9 Å². The van der Waals surface area contributed by atoms with Crippen LogP contribution in [0.4, 0.5) is 23.7 Å². The number of halogens is 3. The summed E-state index contributed by atoms with van der Waals surface area (Å²) < 4.78 is 54.5. The second-order valence-corrected chi connectivity index (χ2v) is 10.3. The zero-order chi connectivity index (χ0) is 29.8. The minimum absolute atomic E-state index is 0.0435. The van der Waals surface area contributed by atoms with Crippen molar-refractivity contribution >= 4 is 17.6 Å². The number of anilines is 1. The summed E-state index contributed by atoms with van der Waals surface area (Å²) in [6.45, 7) is 6.27. The third kappa shape index (κ3) is 6.76. The lowest BCUT2D eigenvalue weighted by molar-refractivity contribution is 0.0988. The Morgan fingerprint density at radius 3 is 2.46 bits per heavy atom. The molecule has 1 aliphatic heterocycles. The van der Waals surface area contributed by atoms with Crippen LogP contribution >= 0.6 is 0 Å². The molecule has 218 valence electrons. The van der Waals surface area contributed by atoms with Crippen molar-refractivity contribution in [2.75, 3.05) is 25.1 Å². The first-order valence-electron chi connectivity index (χ1n) is 13.1. The highest BCUT2D eigenvalue weighted by atomic mass is 19.1. The summed E-state index contributed by atoms with van der Waals surface area (Å²) in [5.41, 5.74) is 6.18. The van der Waals surface area contributed by atoms with Gasteiger partial charge in [-0.05, 0) is 38.0 Å². The third-order valence-electron chi connectivity index (χ3n) is 6.81. The molecule has 41 heavy (non-hydrogen) atoms. The van der Waals surface area contributed by atoms with Crippen LogP contribution < -0.4 is 20.7 Å². The number of nitrogens with one attached hydrogen (secondary N) is 1. The number of carbonyl (C=O) groups is 2. The summed E-state index contributed by atoms with van der Waals surface area (Å²) >= 11 is 0. The Labute approximate surface area is 235 Å². The van der Waals surface area contributed by atoms with Crippen molar-refractivity contribution in [2.45, 2.75) is 45.4 Å². The number of rotatable bonds is 8. The molecule has 0 unspecified atom stereocenters. The largest absolute Gasteiger partial charge is 0.491 e. The molecular weight excluding hydrogens is 539 g/mol. The maximum absolute atomic E-state index is 14.9. The fourth-order valence-corrected chi connectivity index (χ4v) is 4.98. The van der Waals surface area contributed by atoms with E-state index >= 15 is 0 Å². The van der Waals surface area contributed by atoms with E-state index in [1.807, 2.05) is 11.8 Å². The molecule has 1 fully saturated rings. The zero-order valence-corrected chi connectivity index (χ0v) is 23.2. The van der Waals surface area contributed by atoms with E-state index in [4.69, 9.17) is 15.2 Å². The van der Waals surface area contributed by atoms with Gasteiger partial charge < -0.3 is 25.4 Å². The Kier molecular flexibility index (Phi) is 9.11. The molecule has 12 heteroatoms. The second-order valence-electron chi connectivity index (χ2n) is 10.3. The maximum atomic E-state index is 14.9. The highest BCUT2D eigenvalue weighted by molar-refractivity contribution is 5.97. The van der Waals surface area contributed by atoms with Crippen molar-refractivity contribution < 1.29 is 32.2 Å². The van der Waals surface area contributed by atoms with Crippen molar-refractivity contribution in [3.8, 4) is 17.0 Å². The molecule has 3 N–H and O–H groups in total. The minimum Gasteiger partial charge on any atom is -0.491 e. The van der Waals surface area contributed by atoms with E-state index in [2.05, 4.69) is 15.3 Å². The number of Topliss-reactive ketones (excluding diaryl/α,β-unsaturated/α-hetero) is 1. The van der Waals surface area contributed by atoms with Crippen LogP contribution in [0.5, 0.6) is 5.75 Å².